The molecule has 0 spiro atoms. The second kappa shape index (κ2) is 5.41. The molecule has 1 aromatic carbocycles. The summed E-state index contributed by atoms with van der Waals surface area (Å²) in [6, 6.07) is 7.08. The zero-order valence-electron chi connectivity index (χ0n) is 11.6. The summed E-state index contributed by atoms with van der Waals surface area (Å²) >= 11 is 0. The van der Waals surface area contributed by atoms with Crippen LogP contribution in [0.25, 0.3) is 0 Å². The minimum absolute atomic E-state index is 0.0386. The predicted molar refractivity (Wildman–Crippen MR) is 75.3 cm³/mol. The van der Waals surface area contributed by atoms with Gasteiger partial charge in [-0.3, -0.25) is 0 Å². The van der Waals surface area contributed by atoms with Crippen LogP contribution < -0.4 is 5.73 Å². The monoisotopic (exact) mass is 269 g/mol. The number of rotatable bonds is 4. The quantitative estimate of drug-likeness (QED) is 0.913. The Morgan fingerprint density at radius 1 is 1.22 bits per heavy atom. The molecule has 3 nitrogen and oxygen atoms in total. The third-order valence-corrected chi connectivity index (χ3v) is 5.07. The van der Waals surface area contributed by atoms with Gasteiger partial charge in [0.25, 0.3) is 0 Å². The molecular weight excluding hydrogens is 246 g/mol. The van der Waals surface area contributed by atoms with Crippen LogP contribution in [-0.4, -0.2) is 20.2 Å². The van der Waals surface area contributed by atoms with E-state index in [1.165, 1.54) is 0 Å². The molecule has 1 atom stereocenters. The Hall–Kier alpha value is -0.870. The molecule has 0 fully saturated rings. The molecule has 0 aromatic heterocycles. The first-order chi connectivity index (χ1) is 8.18. The molecule has 1 aromatic rings. The van der Waals surface area contributed by atoms with Gasteiger partial charge in [0.15, 0.2) is 9.84 Å². The van der Waals surface area contributed by atoms with Crippen molar-refractivity contribution in [2.24, 2.45) is 11.1 Å². The minimum Gasteiger partial charge on any atom is -0.327 e. The smallest absolute Gasteiger partial charge is 0.178 e. The zero-order valence-corrected chi connectivity index (χ0v) is 12.4. The van der Waals surface area contributed by atoms with Crippen LogP contribution in [0.5, 0.6) is 0 Å². The summed E-state index contributed by atoms with van der Waals surface area (Å²) in [5.74, 6) is 0.120. The molecule has 2 N–H and O–H groups in total. The molecule has 0 bridgehead atoms. The van der Waals surface area contributed by atoms with E-state index >= 15 is 0 Å². The van der Waals surface area contributed by atoms with E-state index in [0.717, 1.165) is 5.56 Å². The first-order valence-electron chi connectivity index (χ1n) is 6.24. The molecule has 0 aliphatic rings. The van der Waals surface area contributed by atoms with Gasteiger partial charge in [-0.05, 0) is 23.5 Å². The fraction of sp³-hybridized carbons (Fsp3) is 0.571. The van der Waals surface area contributed by atoms with E-state index in [2.05, 4.69) is 20.8 Å². The molecule has 1 rings (SSSR count). The Labute approximate surface area is 110 Å². The van der Waals surface area contributed by atoms with Gasteiger partial charge in [-0.1, -0.05) is 45.9 Å². The molecule has 4 heteroatoms. The van der Waals surface area contributed by atoms with Crippen LogP contribution in [0.4, 0.5) is 0 Å². The maximum Gasteiger partial charge on any atom is 0.178 e. The zero-order chi connectivity index (χ0) is 14.0. The van der Waals surface area contributed by atoms with Gasteiger partial charge in [-0.2, -0.15) is 0 Å². The maximum atomic E-state index is 12.0. The molecule has 0 saturated carbocycles. The van der Waals surface area contributed by atoms with Gasteiger partial charge in [0.2, 0.25) is 0 Å². The number of hydrogen-bond acceptors (Lipinski definition) is 3. The van der Waals surface area contributed by atoms with Crippen LogP contribution in [0, 0.1) is 5.41 Å². The van der Waals surface area contributed by atoms with E-state index in [1.54, 1.807) is 19.1 Å². The molecule has 0 aliphatic carbocycles. The van der Waals surface area contributed by atoms with Crippen LogP contribution in [0.2, 0.25) is 0 Å². The highest BCUT2D eigenvalue weighted by molar-refractivity contribution is 7.91. The number of nitrogens with two attached hydrogens (primary N) is 1. The van der Waals surface area contributed by atoms with Gasteiger partial charge < -0.3 is 5.73 Å². The lowest BCUT2D eigenvalue weighted by molar-refractivity contribution is 0.317. The second-order valence-corrected chi connectivity index (χ2v) is 7.93. The van der Waals surface area contributed by atoms with E-state index < -0.39 is 9.84 Å². The average molecular weight is 269 g/mol. The third-order valence-electron chi connectivity index (χ3n) is 3.24. The van der Waals surface area contributed by atoms with Gasteiger partial charge >= 0.3 is 0 Å². The summed E-state index contributed by atoms with van der Waals surface area (Å²) < 4.78 is 24.0. The fourth-order valence-electron chi connectivity index (χ4n) is 1.67. The molecule has 102 valence electrons. The highest BCUT2D eigenvalue weighted by Gasteiger charge is 2.24. The van der Waals surface area contributed by atoms with Crippen LogP contribution in [0.3, 0.4) is 0 Å². The number of hydrogen-bond donors (Lipinski definition) is 1. The first kappa shape index (κ1) is 15.2. The summed E-state index contributed by atoms with van der Waals surface area (Å²) in [4.78, 5) is 0.423. The molecule has 18 heavy (non-hydrogen) atoms. The molecule has 0 radical (unpaired) electrons. The summed E-state index contributed by atoms with van der Waals surface area (Å²) in [6.07, 6.45) is 0.582. The maximum absolute atomic E-state index is 12.0. The largest absolute Gasteiger partial charge is 0.327 e. The van der Waals surface area contributed by atoms with E-state index in [0.29, 0.717) is 11.3 Å². The van der Waals surface area contributed by atoms with Crippen LogP contribution >= 0.6 is 0 Å². The summed E-state index contributed by atoms with van der Waals surface area (Å²) in [5, 5.41) is 0. The molecular formula is C14H23NO2S. The average Bonchev–Trinajstić information content (AvgIpc) is 2.28. The van der Waals surface area contributed by atoms with Crippen LogP contribution in [0.1, 0.15) is 33.3 Å². The Morgan fingerprint density at radius 2 is 1.78 bits per heavy atom. The summed E-state index contributed by atoms with van der Waals surface area (Å²) in [7, 11) is -3.18. The lowest BCUT2D eigenvalue weighted by atomic mass is 9.84. The topological polar surface area (TPSA) is 60.2 Å². The highest BCUT2D eigenvalue weighted by Crippen LogP contribution is 2.24. The van der Waals surface area contributed by atoms with Crippen molar-refractivity contribution in [2.75, 3.05) is 5.75 Å². The Morgan fingerprint density at radius 3 is 2.28 bits per heavy atom. The lowest BCUT2D eigenvalue weighted by Crippen LogP contribution is -2.37. The van der Waals surface area contributed by atoms with E-state index in [9.17, 15) is 8.42 Å². The molecule has 1 unspecified atom stereocenters. The van der Waals surface area contributed by atoms with Gasteiger partial charge in [0, 0.05) is 6.04 Å². The van der Waals surface area contributed by atoms with Gasteiger partial charge in [0.1, 0.15) is 0 Å². The van der Waals surface area contributed by atoms with Crippen molar-refractivity contribution in [3.8, 4) is 0 Å². The van der Waals surface area contributed by atoms with Crippen molar-refractivity contribution in [1.82, 2.24) is 0 Å². The van der Waals surface area contributed by atoms with Crippen molar-refractivity contribution < 1.29 is 8.42 Å². The van der Waals surface area contributed by atoms with Gasteiger partial charge in [-0.15, -0.1) is 0 Å². The predicted octanol–water partition coefficient (Wildman–Crippen LogP) is 2.40. The van der Waals surface area contributed by atoms with Crippen LogP contribution in [-0.2, 0) is 16.3 Å². The van der Waals surface area contributed by atoms with E-state index in [4.69, 9.17) is 5.73 Å². The van der Waals surface area contributed by atoms with Gasteiger partial charge in [-0.25, -0.2) is 8.42 Å². The summed E-state index contributed by atoms with van der Waals surface area (Å²) in [5.41, 5.74) is 6.92. The molecule has 0 amide bonds. The normalized spacial score (nSPS) is 14.5. The fourth-order valence-corrected chi connectivity index (χ4v) is 2.82. The van der Waals surface area contributed by atoms with E-state index in [-0.39, 0.29) is 17.2 Å². The molecule has 0 aliphatic heterocycles. The second-order valence-electron chi connectivity index (χ2n) is 5.69. The first-order valence-corrected chi connectivity index (χ1v) is 7.90. The third kappa shape index (κ3) is 3.56. The SMILES string of the molecule is CCS(=O)(=O)c1ccccc1CC(N)C(C)(C)C. The van der Waals surface area contributed by atoms with Crippen molar-refractivity contribution >= 4 is 9.84 Å². The highest BCUT2D eigenvalue weighted by atomic mass is 32.2. The Kier molecular flexibility index (Phi) is 4.56. The number of sulfone groups is 1. The minimum atomic E-state index is -3.18. The Bertz CT molecular complexity index is 501. The molecule has 0 heterocycles. The van der Waals surface area contributed by atoms with Crippen LogP contribution in [0.15, 0.2) is 29.2 Å². The van der Waals surface area contributed by atoms with Gasteiger partial charge in [0.05, 0.1) is 10.6 Å². The molecule has 0 saturated heterocycles. The van der Waals surface area contributed by atoms with E-state index in [1.807, 2.05) is 12.1 Å². The number of benzene rings is 1. The summed E-state index contributed by atoms with van der Waals surface area (Å²) in [6.45, 7) is 7.85. The van der Waals surface area contributed by atoms with Crippen molar-refractivity contribution in [1.29, 1.82) is 0 Å². The lowest BCUT2D eigenvalue weighted by Gasteiger charge is -2.27. The van der Waals surface area contributed by atoms with Crippen molar-refractivity contribution in [3.63, 3.8) is 0 Å². The van der Waals surface area contributed by atoms with Crippen molar-refractivity contribution in [3.05, 3.63) is 29.8 Å². The Balaban J connectivity index is 3.12. The van der Waals surface area contributed by atoms with Crippen molar-refractivity contribution in [2.45, 2.75) is 45.1 Å². The standard InChI is InChI=1S/C14H23NO2S/c1-5-18(16,17)12-9-7-6-8-11(12)10-13(15)14(2,3)4/h6-9,13H,5,10,15H2,1-4H3.